The quantitative estimate of drug-likeness (QED) is 0.122. The lowest BCUT2D eigenvalue weighted by molar-refractivity contribution is -0.122. The Balaban J connectivity index is 1.09. The Kier molecular flexibility index (Phi) is 12.9. The van der Waals surface area contributed by atoms with Crippen LogP contribution < -0.4 is 24.8 Å². The average Bonchev–Trinajstić information content (AvgIpc) is 3.62. The number of alkyl halides is 1. The van der Waals surface area contributed by atoms with E-state index in [4.69, 9.17) is 25.8 Å². The maximum Gasteiger partial charge on any atom is 0.220 e. The summed E-state index contributed by atoms with van der Waals surface area (Å²) < 4.78 is 48.2. The summed E-state index contributed by atoms with van der Waals surface area (Å²) in [5, 5.41) is 25.7. The van der Waals surface area contributed by atoms with Gasteiger partial charge in [-0.05, 0) is 121 Å². The van der Waals surface area contributed by atoms with Gasteiger partial charge in [-0.1, -0.05) is 23.7 Å². The van der Waals surface area contributed by atoms with Gasteiger partial charge in [0.05, 0.1) is 34.9 Å². The van der Waals surface area contributed by atoms with Crippen LogP contribution >= 0.6 is 11.6 Å². The van der Waals surface area contributed by atoms with Crippen molar-refractivity contribution < 1.29 is 27.8 Å². The second-order valence-electron chi connectivity index (χ2n) is 15.1. The number of piperidine rings is 2. The number of fused-ring (bicyclic) bond motifs is 1. The topological polar surface area (TPSA) is 120 Å². The van der Waals surface area contributed by atoms with Gasteiger partial charge in [0, 0.05) is 56.8 Å². The predicted molar refractivity (Wildman–Crippen MR) is 213 cm³/mol. The largest absolute Gasteiger partial charge is 0.493 e. The van der Waals surface area contributed by atoms with Crippen molar-refractivity contribution in [3.05, 3.63) is 110 Å². The molecule has 2 aliphatic heterocycles. The van der Waals surface area contributed by atoms with Crippen LogP contribution in [0.25, 0.3) is 11.1 Å². The van der Waals surface area contributed by atoms with Crippen molar-refractivity contribution in [2.45, 2.75) is 83.3 Å². The number of nitrogens with one attached hydrogen (secondary N) is 2. The number of carbonyl (C=O) groups is 1. The molecule has 2 N–H and O–H groups in total. The fourth-order valence-corrected chi connectivity index (χ4v) is 8.23. The van der Waals surface area contributed by atoms with E-state index < -0.39 is 12.3 Å². The molecule has 2 saturated heterocycles. The number of amides is 1. The highest BCUT2D eigenvalue weighted by Gasteiger charge is 2.30. The van der Waals surface area contributed by atoms with Crippen LogP contribution in [0.1, 0.15) is 83.6 Å². The zero-order chi connectivity index (χ0) is 39.9. The summed E-state index contributed by atoms with van der Waals surface area (Å²) in [4.78, 5) is 14.0. The van der Waals surface area contributed by atoms with Gasteiger partial charge in [-0.2, -0.15) is 10.5 Å². The molecule has 0 bridgehead atoms. The fraction of sp³-hybridized carbons (Fsp3) is 0.400. The second kappa shape index (κ2) is 18.4. The summed E-state index contributed by atoms with van der Waals surface area (Å²) in [6.45, 7) is 5.95. The Morgan fingerprint density at radius 3 is 2.46 bits per heavy atom. The molecule has 2 fully saturated rings. The van der Waals surface area contributed by atoms with Gasteiger partial charge < -0.3 is 29.7 Å². The van der Waals surface area contributed by atoms with E-state index in [2.05, 4.69) is 27.7 Å². The number of nitriles is 2. The average molecular weight is 794 g/mol. The highest BCUT2D eigenvalue weighted by molar-refractivity contribution is 6.32. The van der Waals surface area contributed by atoms with Crippen molar-refractivity contribution in [3.63, 3.8) is 0 Å². The number of nitrogens with zero attached hydrogens (tertiary/aromatic N) is 3. The van der Waals surface area contributed by atoms with Crippen molar-refractivity contribution in [1.82, 2.24) is 15.5 Å². The molecule has 0 aromatic heterocycles. The number of hydrogen-bond donors (Lipinski definition) is 2. The van der Waals surface area contributed by atoms with E-state index >= 15 is 4.39 Å². The van der Waals surface area contributed by atoms with Crippen LogP contribution in [0.5, 0.6) is 17.2 Å². The van der Waals surface area contributed by atoms with E-state index in [-0.39, 0.29) is 24.4 Å². The summed E-state index contributed by atoms with van der Waals surface area (Å²) in [6.07, 6.45) is 3.29. The van der Waals surface area contributed by atoms with Crippen molar-refractivity contribution in [2.75, 3.05) is 32.8 Å². The lowest BCUT2D eigenvalue weighted by Gasteiger charge is -2.28. The zero-order valence-electron chi connectivity index (χ0n) is 32.0. The van der Waals surface area contributed by atoms with Gasteiger partial charge in [-0.3, -0.25) is 4.79 Å². The number of halogens is 3. The number of ether oxygens (including phenoxy) is 3. The van der Waals surface area contributed by atoms with Crippen LogP contribution in [0.15, 0.2) is 60.7 Å². The zero-order valence-corrected chi connectivity index (χ0v) is 32.8. The van der Waals surface area contributed by atoms with Crippen molar-refractivity contribution in [3.8, 4) is 40.5 Å². The molecule has 1 aliphatic carbocycles. The smallest absolute Gasteiger partial charge is 0.220 e. The SMILES string of the molecule is Cc1c(OCCCN2CCC(F)CC2)cccc1-c1cc(F)cc2c1CCC2Oc1cc(OCc2cc(C#N)cc(C#N)c2)c(CN[C@H]2CCC(=O)NC2)cc1Cl. The van der Waals surface area contributed by atoms with Crippen LogP contribution in [0, 0.1) is 35.4 Å². The van der Waals surface area contributed by atoms with Gasteiger partial charge in [0.1, 0.15) is 41.9 Å². The molecule has 7 rings (SSSR count). The standard InChI is InChI=1S/C45H46ClF2N5O4/c1-28-36(4-2-5-41(28)55-15-3-12-53-13-10-33(47)11-14-53)38-20-34(48)21-39-37(38)7-8-42(39)57-44-22-43(56-27-31-17-29(23-49)16-30(18-31)24-50)32(19-40(44)46)25-51-35-6-9-45(54)52-26-35/h2,4-5,16-22,33,35,42,51H,3,6-15,25-27H2,1H3,(H,52,54)/t35-,42?/m0/s1. The third kappa shape index (κ3) is 9.85. The molecule has 12 heteroatoms. The molecule has 9 nitrogen and oxygen atoms in total. The first-order chi connectivity index (χ1) is 27.7. The van der Waals surface area contributed by atoms with Gasteiger partial charge in [0.25, 0.3) is 0 Å². The monoisotopic (exact) mass is 793 g/mol. The number of rotatable bonds is 14. The van der Waals surface area contributed by atoms with Gasteiger partial charge >= 0.3 is 0 Å². The number of likely N-dealkylation sites (tertiary alicyclic amines) is 1. The van der Waals surface area contributed by atoms with E-state index in [0.717, 1.165) is 65.2 Å². The first kappa shape index (κ1) is 40.0. The molecule has 296 valence electrons. The van der Waals surface area contributed by atoms with E-state index in [9.17, 15) is 19.7 Å². The fourth-order valence-electron chi connectivity index (χ4n) is 7.99. The van der Waals surface area contributed by atoms with Crippen molar-refractivity contribution >= 4 is 17.5 Å². The molecule has 0 spiro atoms. The molecule has 4 aromatic rings. The van der Waals surface area contributed by atoms with Crippen molar-refractivity contribution in [2.24, 2.45) is 0 Å². The number of benzene rings is 4. The van der Waals surface area contributed by atoms with Gasteiger partial charge in [-0.25, -0.2) is 8.78 Å². The maximum atomic E-state index is 15.5. The van der Waals surface area contributed by atoms with Gasteiger partial charge in [-0.15, -0.1) is 0 Å². The lowest BCUT2D eigenvalue weighted by atomic mass is 9.93. The minimum atomic E-state index is -0.689. The van der Waals surface area contributed by atoms with Gasteiger partial charge in [0.2, 0.25) is 5.91 Å². The Morgan fingerprint density at radius 1 is 0.930 bits per heavy atom. The van der Waals surface area contributed by atoms with Crippen LogP contribution in [0.2, 0.25) is 5.02 Å². The molecule has 1 unspecified atom stereocenters. The number of carbonyl (C=O) groups excluding carboxylic acids is 1. The first-order valence-electron chi connectivity index (χ1n) is 19.6. The molecule has 2 heterocycles. The summed E-state index contributed by atoms with van der Waals surface area (Å²) in [5.74, 6) is 1.30. The molecule has 3 aliphatic rings. The van der Waals surface area contributed by atoms with Crippen LogP contribution in [0.4, 0.5) is 8.78 Å². The first-order valence-corrected chi connectivity index (χ1v) is 20.0. The molecule has 0 saturated carbocycles. The third-order valence-electron chi connectivity index (χ3n) is 11.1. The lowest BCUT2D eigenvalue weighted by Crippen LogP contribution is -2.45. The Morgan fingerprint density at radius 2 is 1.72 bits per heavy atom. The molecule has 4 aromatic carbocycles. The summed E-state index contributed by atoms with van der Waals surface area (Å²) in [6, 6.07) is 21.7. The van der Waals surface area contributed by atoms with Crippen LogP contribution in [-0.4, -0.2) is 55.8 Å². The normalized spacial score (nSPS) is 18.3. The molecular formula is C45H46ClF2N5O4. The van der Waals surface area contributed by atoms with E-state index in [1.807, 2.05) is 25.1 Å². The maximum absolute atomic E-state index is 15.5. The minimum Gasteiger partial charge on any atom is -0.493 e. The Hall–Kier alpha value is -5.20. The summed E-state index contributed by atoms with van der Waals surface area (Å²) in [7, 11) is 0. The minimum absolute atomic E-state index is 0.0332. The molecule has 2 atom stereocenters. The molecule has 57 heavy (non-hydrogen) atoms. The van der Waals surface area contributed by atoms with E-state index in [1.165, 1.54) is 6.07 Å². The van der Waals surface area contributed by atoms with Crippen LogP contribution in [0.3, 0.4) is 0 Å². The molecule has 1 amide bonds. The van der Waals surface area contributed by atoms with E-state index in [0.29, 0.717) is 91.4 Å². The summed E-state index contributed by atoms with van der Waals surface area (Å²) >= 11 is 6.90. The van der Waals surface area contributed by atoms with Crippen LogP contribution in [-0.2, 0) is 24.4 Å². The molecular weight excluding hydrogens is 748 g/mol. The van der Waals surface area contributed by atoms with Crippen molar-refractivity contribution in [1.29, 1.82) is 10.5 Å². The predicted octanol–water partition coefficient (Wildman–Crippen LogP) is 8.41. The number of hydrogen-bond acceptors (Lipinski definition) is 8. The third-order valence-corrected chi connectivity index (χ3v) is 11.4. The second-order valence-corrected chi connectivity index (χ2v) is 15.5. The Labute approximate surface area is 337 Å². The highest BCUT2D eigenvalue weighted by atomic mass is 35.5. The summed E-state index contributed by atoms with van der Waals surface area (Å²) in [5.41, 5.74) is 6.54. The van der Waals surface area contributed by atoms with Gasteiger partial charge in [0.15, 0.2) is 0 Å². The highest BCUT2D eigenvalue weighted by Crippen LogP contribution is 2.44. The molecule has 0 radical (unpaired) electrons. The van der Waals surface area contributed by atoms with E-state index in [1.54, 1.807) is 36.4 Å². The Bertz CT molecular complexity index is 2150.